The molecule has 1 aliphatic rings. The van der Waals surface area contributed by atoms with Crippen molar-refractivity contribution in [2.75, 3.05) is 6.54 Å². The van der Waals surface area contributed by atoms with E-state index in [-0.39, 0.29) is 11.9 Å². The topological polar surface area (TPSA) is 25.2 Å². The van der Waals surface area contributed by atoms with Gasteiger partial charge in [0.2, 0.25) is 0 Å². The SMILES string of the molecule is Cc1cccc(C(=O)N2CCn3c(C)ccc3C2C)c1Br. The summed E-state index contributed by atoms with van der Waals surface area (Å²) in [6, 6.07) is 10.2. The quantitative estimate of drug-likeness (QED) is 0.763. The Kier molecular flexibility index (Phi) is 3.66. The summed E-state index contributed by atoms with van der Waals surface area (Å²) in [5.74, 6) is 0.100. The number of aryl methyl sites for hydroxylation is 2. The van der Waals surface area contributed by atoms with E-state index in [2.05, 4.69) is 46.5 Å². The standard InChI is InChI=1S/C17H19BrN2O/c1-11-5-4-6-14(16(11)18)17(21)20-10-9-19-12(2)7-8-15(19)13(20)3/h4-8,13H,9-10H2,1-3H3. The summed E-state index contributed by atoms with van der Waals surface area (Å²) in [4.78, 5) is 14.9. The fraction of sp³-hybridized carbons (Fsp3) is 0.353. The fourth-order valence-corrected chi connectivity index (χ4v) is 3.50. The Labute approximate surface area is 133 Å². The third kappa shape index (κ3) is 2.31. The van der Waals surface area contributed by atoms with Crippen LogP contribution in [0.15, 0.2) is 34.8 Å². The first-order valence-electron chi connectivity index (χ1n) is 7.23. The molecule has 3 nitrogen and oxygen atoms in total. The van der Waals surface area contributed by atoms with Gasteiger partial charge in [0.1, 0.15) is 0 Å². The first-order valence-corrected chi connectivity index (χ1v) is 8.02. The minimum Gasteiger partial charge on any atom is -0.345 e. The fourth-order valence-electron chi connectivity index (χ4n) is 3.07. The highest BCUT2D eigenvalue weighted by Crippen LogP contribution is 2.30. The smallest absolute Gasteiger partial charge is 0.255 e. The molecular weight excluding hydrogens is 328 g/mol. The van der Waals surface area contributed by atoms with Gasteiger partial charge in [-0.05, 0) is 60.5 Å². The lowest BCUT2D eigenvalue weighted by molar-refractivity contribution is 0.0642. The zero-order valence-corrected chi connectivity index (χ0v) is 14.1. The summed E-state index contributed by atoms with van der Waals surface area (Å²) in [7, 11) is 0. The lowest BCUT2D eigenvalue weighted by atomic mass is 10.1. The number of hydrogen-bond acceptors (Lipinski definition) is 1. The highest BCUT2D eigenvalue weighted by atomic mass is 79.9. The number of carbonyl (C=O) groups is 1. The Bertz CT molecular complexity index is 705. The second kappa shape index (κ2) is 5.34. The largest absolute Gasteiger partial charge is 0.345 e. The number of nitrogens with zero attached hydrogens (tertiary/aromatic N) is 2. The Morgan fingerprint density at radius 2 is 1.95 bits per heavy atom. The van der Waals surface area contributed by atoms with E-state index in [0.29, 0.717) is 0 Å². The molecule has 2 heterocycles. The van der Waals surface area contributed by atoms with Crippen molar-refractivity contribution in [1.29, 1.82) is 0 Å². The lowest BCUT2D eigenvalue weighted by Crippen LogP contribution is -2.41. The summed E-state index contributed by atoms with van der Waals surface area (Å²) in [5.41, 5.74) is 4.32. The Balaban J connectivity index is 1.95. The molecule has 1 aliphatic heterocycles. The maximum Gasteiger partial charge on any atom is 0.255 e. The first kappa shape index (κ1) is 14.4. The highest BCUT2D eigenvalue weighted by Gasteiger charge is 2.29. The Morgan fingerprint density at radius 1 is 1.19 bits per heavy atom. The number of halogens is 1. The third-order valence-electron chi connectivity index (χ3n) is 4.38. The van der Waals surface area contributed by atoms with Crippen molar-refractivity contribution < 1.29 is 4.79 Å². The molecule has 110 valence electrons. The van der Waals surface area contributed by atoms with Crippen LogP contribution >= 0.6 is 15.9 Å². The molecule has 0 saturated carbocycles. The molecule has 0 aliphatic carbocycles. The molecule has 1 unspecified atom stereocenters. The van der Waals surface area contributed by atoms with Gasteiger partial charge in [-0.25, -0.2) is 0 Å². The van der Waals surface area contributed by atoms with E-state index in [1.165, 1.54) is 11.4 Å². The molecule has 3 rings (SSSR count). The van der Waals surface area contributed by atoms with Crippen LogP contribution in [0.2, 0.25) is 0 Å². The van der Waals surface area contributed by atoms with Crippen LogP contribution in [-0.2, 0) is 6.54 Å². The van der Waals surface area contributed by atoms with E-state index in [1.54, 1.807) is 0 Å². The van der Waals surface area contributed by atoms with Gasteiger partial charge in [0.25, 0.3) is 5.91 Å². The van der Waals surface area contributed by atoms with Crippen molar-refractivity contribution in [3.8, 4) is 0 Å². The van der Waals surface area contributed by atoms with E-state index in [0.717, 1.165) is 28.7 Å². The van der Waals surface area contributed by atoms with Gasteiger partial charge in [-0.1, -0.05) is 12.1 Å². The zero-order chi connectivity index (χ0) is 15.1. The molecule has 1 aromatic heterocycles. The second-order valence-corrected chi connectivity index (χ2v) is 6.46. The van der Waals surface area contributed by atoms with Gasteiger partial charge in [-0.15, -0.1) is 0 Å². The molecular formula is C17H19BrN2O. The van der Waals surface area contributed by atoms with Gasteiger partial charge in [-0.3, -0.25) is 4.79 Å². The van der Waals surface area contributed by atoms with E-state index in [1.807, 2.05) is 30.0 Å². The highest BCUT2D eigenvalue weighted by molar-refractivity contribution is 9.10. The third-order valence-corrected chi connectivity index (χ3v) is 5.43. The predicted molar refractivity (Wildman–Crippen MR) is 87.5 cm³/mol. The van der Waals surface area contributed by atoms with Gasteiger partial charge in [0.15, 0.2) is 0 Å². The van der Waals surface area contributed by atoms with Crippen molar-refractivity contribution in [2.24, 2.45) is 0 Å². The summed E-state index contributed by atoms with van der Waals surface area (Å²) in [6.07, 6.45) is 0. The number of fused-ring (bicyclic) bond motifs is 1. The van der Waals surface area contributed by atoms with E-state index in [9.17, 15) is 4.79 Å². The van der Waals surface area contributed by atoms with E-state index in [4.69, 9.17) is 0 Å². The number of benzene rings is 1. The summed E-state index contributed by atoms with van der Waals surface area (Å²) in [6.45, 7) is 7.85. The van der Waals surface area contributed by atoms with E-state index >= 15 is 0 Å². The van der Waals surface area contributed by atoms with E-state index < -0.39 is 0 Å². The molecule has 0 radical (unpaired) electrons. The number of amides is 1. The van der Waals surface area contributed by atoms with Gasteiger partial charge < -0.3 is 9.47 Å². The molecule has 0 fully saturated rings. The number of rotatable bonds is 1. The minimum atomic E-state index is 0.100. The van der Waals surface area contributed by atoms with Crippen LogP contribution in [0.4, 0.5) is 0 Å². The van der Waals surface area contributed by atoms with Gasteiger partial charge in [0.05, 0.1) is 11.6 Å². The first-order chi connectivity index (χ1) is 10.0. The number of aromatic nitrogens is 1. The number of hydrogen-bond donors (Lipinski definition) is 0. The van der Waals surface area contributed by atoms with Crippen LogP contribution in [0.5, 0.6) is 0 Å². The Morgan fingerprint density at radius 3 is 2.71 bits per heavy atom. The van der Waals surface area contributed by atoms with Crippen molar-refractivity contribution in [1.82, 2.24) is 9.47 Å². The van der Waals surface area contributed by atoms with Crippen LogP contribution in [0.1, 0.15) is 40.3 Å². The average molecular weight is 347 g/mol. The average Bonchev–Trinajstić information content (AvgIpc) is 2.84. The molecule has 2 aromatic rings. The maximum absolute atomic E-state index is 12.9. The van der Waals surface area contributed by atoms with Crippen LogP contribution in [0, 0.1) is 13.8 Å². The summed E-state index contributed by atoms with van der Waals surface area (Å²) in [5, 5.41) is 0. The van der Waals surface area contributed by atoms with Crippen LogP contribution in [0.3, 0.4) is 0 Å². The lowest BCUT2D eigenvalue weighted by Gasteiger charge is -2.35. The summed E-state index contributed by atoms with van der Waals surface area (Å²) >= 11 is 3.55. The Hall–Kier alpha value is -1.55. The van der Waals surface area contributed by atoms with Crippen molar-refractivity contribution in [2.45, 2.75) is 33.4 Å². The minimum absolute atomic E-state index is 0.100. The van der Waals surface area contributed by atoms with Crippen LogP contribution in [-0.4, -0.2) is 21.9 Å². The van der Waals surface area contributed by atoms with Gasteiger partial charge in [0, 0.05) is 29.0 Å². The second-order valence-electron chi connectivity index (χ2n) is 5.66. The molecule has 0 saturated heterocycles. The van der Waals surface area contributed by atoms with Crippen molar-refractivity contribution in [3.63, 3.8) is 0 Å². The molecule has 4 heteroatoms. The van der Waals surface area contributed by atoms with Gasteiger partial charge >= 0.3 is 0 Å². The maximum atomic E-state index is 12.9. The van der Waals surface area contributed by atoms with Crippen molar-refractivity contribution in [3.05, 3.63) is 57.3 Å². The van der Waals surface area contributed by atoms with Crippen molar-refractivity contribution >= 4 is 21.8 Å². The molecule has 1 atom stereocenters. The normalized spacial score (nSPS) is 17.7. The predicted octanol–water partition coefficient (Wildman–Crippen LogP) is 4.08. The zero-order valence-electron chi connectivity index (χ0n) is 12.6. The van der Waals surface area contributed by atoms with Crippen LogP contribution < -0.4 is 0 Å². The summed E-state index contributed by atoms with van der Waals surface area (Å²) < 4.78 is 3.21. The molecule has 0 bridgehead atoms. The monoisotopic (exact) mass is 346 g/mol. The van der Waals surface area contributed by atoms with Gasteiger partial charge in [-0.2, -0.15) is 0 Å². The number of carbonyl (C=O) groups excluding carboxylic acids is 1. The molecule has 1 aromatic carbocycles. The molecule has 0 N–H and O–H groups in total. The molecule has 0 spiro atoms. The molecule has 1 amide bonds. The van der Waals surface area contributed by atoms with Crippen LogP contribution in [0.25, 0.3) is 0 Å². The molecule has 21 heavy (non-hydrogen) atoms.